The Hall–Kier alpha value is -2.76. The fourth-order valence-electron chi connectivity index (χ4n) is 1.73. The molecule has 0 aliphatic heterocycles. The second kappa shape index (κ2) is 5.92. The van der Waals surface area contributed by atoms with Gasteiger partial charge < -0.3 is 5.32 Å². The van der Waals surface area contributed by atoms with Gasteiger partial charge in [-0.3, -0.25) is 19.9 Å². The number of pyridine rings is 1. The molecule has 1 aromatic carbocycles. The number of aromatic nitrogens is 1. The van der Waals surface area contributed by atoms with E-state index in [1.54, 1.807) is 43.6 Å². The molecular formula is C14H13N3O3. The van der Waals surface area contributed by atoms with Gasteiger partial charge in [-0.15, -0.1) is 0 Å². The van der Waals surface area contributed by atoms with E-state index in [0.717, 1.165) is 5.56 Å². The van der Waals surface area contributed by atoms with Gasteiger partial charge in [0.25, 0.3) is 11.6 Å². The van der Waals surface area contributed by atoms with Crippen LogP contribution in [0, 0.1) is 17.0 Å². The first kappa shape index (κ1) is 13.7. The summed E-state index contributed by atoms with van der Waals surface area (Å²) in [5, 5.41) is 13.6. The average molecular weight is 271 g/mol. The standard InChI is InChI=1S/C14H13N3O3/c1-10-2-3-12(8-13(10)17(19)20)14(18)16-9-11-4-6-15-7-5-11/h2-8H,9H2,1H3,(H,16,18). The summed E-state index contributed by atoms with van der Waals surface area (Å²) in [7, 11) is 0. The van der Waals surface area contributed by atoms with Crippen LogP contribution in [-0.4, -0.2) is 15.8 Å². The Morgan fingerprint density at radius 2 is 2.00 bits per heavy atom. The summed E-state index contributed by atoms with van der Waals surface area (Å²) < 4.78 is 0. The first-order valence-corrected chi connectivity index (χ1v) is 6.00. The Morgan fingerprint density at radius 3 is 2.65 bits per heavy atom. The topological polar surface area (TPSA) is 85.1 Å². The van der Waals surface area contributed by atoms with Crippen molar-refractivity contribution in [2.24, 2.45) is 0 Å². The van der Waals surface area contributed by atoms with Crippen LogP contribution in [0.3, 0.4) is 0 Å². The second-order valence-electron chi connectivity index (χ2n) is 4.30. The lowest BCUT2D eigenvalue weighted by atomic mass is 10.1. The molecule has 6 nitrogen and oxygen atoms in total. The van der Waals surface area contributed by atoms with E-state index in [-0.39, 0.29) is 17.2 Å². The van der Waals surface area contributed by atoms with Crippen LogP contribution in [0.4, 0.5) is 5.69 Å². The van der Waals surface area contributed by atoms with Gasteiger partial charge in [0.1, 0.15) is 0 Å². The van der Waals surface area contributed by atoms with Crippen molar-refractivity contribution >= 4 is 11.6 Å². The third-order valence-electron chi connectivity index (χ3n) is 2.87. The van der Waals surface area contributed by atoms with Gasteiger partial charge in [-0.25, -0.2) is 0 Å². The first-order valence-electron chi connectivity index (χ1n) is 6.00. The molecule has 0 spiro atoms. The molecule has 2 rings (SSSR count). The fraction of sp³-hybridized carbons (Fsp3) is 0.143. The van der Waals surface area contributed by atoms with Crippen molar-refractivity contribution in [2.45, 2.75) is 13.5 Å². The number of carbonyl (C=O) groups excluding carboxylic acids is 1. The molecule has 1 aromatic heterocycles. The maximum Gasteiger partial charge on any atom is 0.273 e. The zero-order valence-corrected chi connectivity index (χ0v) is 10.9. The molecule has 0 unspecified atom stereocenters. The molecule has 1 heterocycles. The number of nitro benzene ring substituents is 1. The smallest absolute Gasteiger partial charge is 0.273 e. The van der Waals surface area contributed by atoms with Gasteiger partial charge in [-0.05, 0) is 30.7 Å². The number of hydrogen-bond donors (Lipinski definition) is 1. The fourth-order valence-corrected chi connectivity index (χ4v) is 1.73. The molecule has 0 aliphatic rings. The summed E-state index contributed by atoms with van der Waals surface area (Å²) >= 11 is 0. The number of nitrogens with zero attached hydrogens (tertiary/aromatic N) is 2. The molecule has 0 atom stereocenters. The van der Waals surface area contributed by atoms with Gasteiger partial charge in [0.05, 0.1) is 4.92 Å². The van der Waals surface area contributed by atoms with Crippen LogP contribution in [0.25, 0.3) is 0 Å². The van der Waals surface area contributed by atoms with Crippen LogP contribution in [0.1, 0.15) is 21.5 Å². The largest absolute Gasteiger partial charge is 0.348 e. The number of benzene rings is 1. The zero-order chi connectivity index (χ0) is 14.5. The molecule has 0 radical (unpaired) electrons. The molecule has 1 amide bonds. The Labute approximate surface area is 115 Å². The molecule has 0 saturated heterocycles. The lowest BCUT2D eigenvalue weighted by molar-refractivity contribution is -0.385. The Kier molecular flexibility index (Phi) is 4.05. The van der Waals surface area contributed by atoms with E-state index in [1.807, 2.05) is 0 Å². The van der Waals surface area contributed by atoms with Gasteiger partial charge >= 0.3 is 0 Å². The second-order valence-corrected chi connectivity index (χ2v) is 4.30. The number of nitro groups is 1. The molecule has 0 saturated carbocycles. The molecule has 0 aliphatic carbocycles. The number of hydrogen-bond acceptors (Lipinski definition) is 4. The molecule has 102 valence electrons. The highest BCUT2D eigenvalue weighted by molar-refractivity contribution is 5.94. The lowest BCUT2D eigenvalue weighted by Crippen LogP contribution is -2.22. The van der Waals surface area contributed by atoms with Gasteiger partial charge in [-0.1, -0.05) is 6.07 Å². The van der Waals surface area contributed by atoms with Crippen molar-refractivity contribution in [2.75, 3.05) is 0 Å². The van der Waals surface area contributed by atoms with Crippen molar-refractivity contribution in [1.29, 1.82) is 0 Å². The maximum atomic E-state index is 12.0. The number of nitrogens with one attached hydrogen (secondary N) is 1. The van der Waals surface area contributed by atoms with E-state index in [1.165, 1.54) is 6.07 Å². The highest BCUT2D eigenvalue weighted by Crippen LogP contribution is 2.19. The van der Waals surface area contributed by atoms with Crippen LogP contribution in [0.2, 0.25) is 0 Å². The normalized spacial score (nSPS) is 10.1. The summed E-state index contributed by atoms with van der Waals surface area (Å²) in [6.07, 6.45) is 3.27. The average Bonchev–Trinajstić information content (AvgIpc) is 2.46. The minimum Gasteiger partial charge on any atom is -0.348 e. The van der Waals surface area contributed by atoms with Crippen LogP contribution in [0.5, 0.6) is 0 Å². The summed E-state index contributed by atoms with van der Waals surface area (Å²) in [6, 6.07) is 8.01. The number of rotatable bonds is 4. The molecule has 20 heavy (non-hydrogen) atoms. The Bertz CT molecular complexity index is 641. The number of carbonyl (C=O) groups is 1. The quantitative estimate of drug-likeness (QED) is 0.682. The van der Waals surface area contributed by atoms with Crippen LogP contribution in [-0.2, 0) is 6.54 Å². The lowest BCUT2D eigenvalue weighted by Gasteiger charge is -2.06. The third-order valence-corrected chi connectivity index (χ3v) is 2.87. The molecule has 6 heteroatoms. The van der Waals surface area contributed by atoms with Gasteiger partial charge in [0.2, 0.25) is 0 Å². The van der Waals surface area contributed by atoms with Crippen molar-refractivity contribution in [3.05, 3.63) is 69.5 Å². The van der Waals surface area contributed by atoms with E-state index < -0.39 is 4.92 Å². The third kappa shape index (κ3) is 3.17. The van der Waals surface area contributed by atoms with Gasteiger partial charge in [0, 0.05) is 36.1 Å². The van der Waals surface area contributed by atoms with Crippen molar-refractivity contribution in [1.82, 2.24) is 10.3 Å². The minimum absolute atomic E-state index is 0.0541. The maximum absolute atomic E-state index is 12.0. The summed E-state index contributed by atoms with van der Waals surface area (Å²) in [5.41, 5.74) is 1.66. The summed E-state index contributed by atoms with van der Waals surface area (Å²) in [5.74, 6) is -0.343. The van der Waals surface area contributed by atoms with Gasteiger partial charge in [0.15, 0.2) is 0 Å². The zero-order valence-electron chi connectivity index (χ0n) is 10.9. The number of aryl methyl sites for hydroxylation is 1. The molecule has 2 aromatic rings. The van der Waals surface area contributed by atoms with Crippen LogP contribution >= 0.6 is 0 Å². The SMILES string of the molecule is Cc1ccc(C(=O)NCc2ccncc2)cc1[N+](=O)[O-]. The van der Waals surface area contributed by atoms with Crippen LogP contribution in [0.15, 0.2) is 42.7 Å². The minimum atomic E-state index is -0.491. The molecule has 1 N–H and O–H groups in total. The van der Waals surface area contributed by atoms with Crippen molar-refractivity contribution in [3.8, 4) is 0 Å². The highest BCUT2D eigenvalue weighted by atomic mass is 16.6. The van der Waals surface area contributed by atoms with E-state index in [0.29, 0.717) is 12.1 Å². The van der Waals surface area contributed by atoms with E-state index in [4.69, 9.17) is 0 Å². The van der Waals surface area contributed by atoms with E-state index in [2.05, 4.69) is 10.3 Å². The Balaban J connectivity index is 2.10. The van der Waals surface area contributed by atoms with E-state index >= 15 is 0 Å². The summed E-state index contributed by atoms with van der Waals surface area (Å²) in [4.78, 5) is 26.2. The first-order chi connectivity index (χ1) is 9.58. The molecule has 0 fully saturated rings. The van der Waals surface area contributed by atoms with Crippen LogP contribution < -0.4 is 5.32 Å². The molecule has 0 bridgehead atoms. The van der Waals surface area contributed by atoms with E-state index in [9.17, 15) is 14.9 Å². The number of amides is 1. The van der Waals surface area contributed by atoms with Gasteiger partial charge in [-0.2, -0.15) is 0 Å². The van der Waals surface area contributed by atoms with Crippen molar-refractivity contribution in [3.63, 3.8) is 0 Å². The monoisotopic (exact) mass is 271 g/mol. The predicted octanol–water partition coefficient (Wildman–Crippen LogP) is 2.23. The Morgan fingerprint density at radius 1 is 1.30 bits per heavy atom. The summed E-state index contributed by atoms with van der Waals surface area (Å²) in [6.45, 7) is 1.99. The highest BCUT2D eigenvalue weighted by Gasteiger charge is 2.14. The van der Waals surface area contributed by atoms with Crippen molar-refractivity contribution < 1.29 is 9.72 Å². The molecular weight excluding hydrogens is 258 g/mol. The predicted molar refractivity (Wildman–Crippen MR) is 73.2 cm³/mol.